The first-order valence-electron chi connectivity index (χ1n) is 6.58. The predicted molar refractivity (Wildman–Crippen MR) is 79.3 cm³/mol. The van der Waals surface area contributed by atoms with E-state index in [4.69, 9.17) is 0 Å². The van der Waals surface area contributed by atoms with E-state index in [1.807, 2.05) is 19.1 Å². The summed E-state index contributed by atoms with van der Waals surface area (Å²) in [5.41, 5.74) is 1.70. The Morgan fingerprint density at radius 2 is 1.81 bits per heavy atom. The van der Waals surface area contributed by atoms with E-state index in [0.717, 1.165) is 10.2 Å². The van der Waals surface area contributed by atoms with Crippen LogP contribution in [-0.2, 0) is 6.54 Å². The number of aromatic nitrogens is 3. The Balaban J connectivity index is 1.99. The van der Waals surface area contributed by atoms with Crippen LogP contribution in [0.15, 0.2) is 53.3 Å². The summed E-state index contributed by atoms with van der Waals surface area (Å²) in [7, 11) is 0. The van der Waals surface area contributed by atoms with E-state index in [1.165, 1.54) is 0 Å². The predicted octanol–water partition coefficient (Wildman–Crippen LogP) is 1.98. The van der Waals surface area contributed by atoms with Crippen LogP contribution in [0, 0.1) is 6.92 Å². The second-order valence-corrected chi connectivity index (χ2v) is 4.81. The lowest BCUT2D eigenvalue weighted by atomic mass is 10.1. The van der Waals surface area contributed by atoms with E-state index >= 15 is 0 Å². The number of rotatable bonds is 3. The summed E-state index contributed by atoms with van der Waals surface area (Å²) in [6.07, 6.45) is 0. The quantitative estimate of drug-likeness (QED) is 0.688. The van der Waals surface area contributed by atoms with E-state index in [2.05, 4.69) is 10.3 Å². The largest absolute Gasteiger partial charge is 0.292 e. The topological polar surface area (TPSA) is 64.8 Å². The molecule has 0 saturated heterocycles. The van der Waals surface area contributed by atoms with Crippen molar-refractivity contribution in [2.24, 2.45) is 0 Å². The summed E-state index contributed by atoms with van der Waals surface area (Å²) >= 11 is 0. The lowest BCUT2D eigenvalue weighted by Gasteiger charge is -2.06. The number of hydrogen-bond donors (Lipinski definition) is 0. The molecule has 0 radical (unpaired) electrons. The molecule has 5 heteroatoms. The normalized spacial score (nSPS) is 10.7. The van der Waals surface area contributed by atoms with E-state index in [-0.39, 0.29) is 17.9 Å². The summed E-state index contributed by atoms with van der Waals surface area (Å²) in [6, 6.07) is 14.2. The molecule has 0 amide bonds. The van der Waals surface area contributed by atoms with Crippen molar-refractivity contribution in [1.82, 2.24) is 15.0 Å². The molecule has 3 rings (SSSR count). The molecule has 1 heterocycles. The van der Waals surface area contributed by atoms with E-state index in [9.17, 15) is 9.59 Å². The second kappa shape index (κ2) is 5.28. The molecule has 104 valence electrons. The zero-order chi connectivity index (χ0) is 14.8. The van der Waals surface area contributed by atoms with Gasteiger partial charge in [-0.05, 0) is 24.6 Å². The van der Waals surface area contributed by atoms with Crippen molar-refractivity contribution in [3.63, 3.8) is 0 Å². The molecule has 21 heavy (non-hydrogen) atoms. The van der Waals surface area contributed by atoms with Gasteiger partial charge in [0.1, 0.15) is 12.1 Å². The molecule has 0 spiro atoms. The maximum Gasteiger partial charge on any atom is 0.278 e. The van der Waals surface area contributed by atoms with Gasteiger partial charge < -0.3 is 0 Å². The SMILES string of the molecule is Cc1ccccc1C(=O)Cn1nnc2ccccc2c1=O. The summed E-state index contributed by atoms with van der Waals surface area (Å²) in [4.78, 5) is 24.6. The minimum Gasteiger partial charge on any atom is -0.292 e. The smallest absolute Gasteiger partial charge is 0.278 e. The van der Waals surface area contributed by atoms with Gasteiger partial charge in [0.15, 0.2) is 5.78 Å². The van der Waals surface area contributed by atoms with Crippen LogP contribution in [0.25, 0.3) is 10.9 Å². The number of fused-ring (bicyclic) bond motifs is 1. The first kappa shape index (κ1) is 13.2. The van der Waals surface area contributed by atoms with Gasteiger partial charge in [0.05, 0.1) is 5.39 Å². The van der Waals surface area contributed by atoms with E-state index in [1.54, 1.807) is 36.4 Å². The van der Waals surface area contributed by atoms with Crippen molar-refractivity contribution in [3.8, 4) is 0 Å². The van der Waals surface area contributed by atoms with E-state index < -0.39 is 0 Å². The molecule has 0 atom stereocenters. The molecule has 0 aliphatic heterocycles. The van der Waals surface area contributed by atoms with Crippen molar-refractivity contribution < 1.29 is 4.79 Å². The maximum atomic E-state index is 12.3. The van der Waals surface area contributed by atoms with Crippen LogP contribution in [0.5, 0.6) is 0 Å². The third kappa shape index (κ3) is 2.45. The first-order chi connectivity index (χ1) is 10.2. The molecular formula is C16H13N3O2. The monoisotopic (exact) mass is 279 g/mol. The van der Waals surface area contributed by atoms with Crippen LogP contribution < -0.4 is 5.56 Å². The molecule has 0 aliphatic carbocycles. The molecule has 0 unspecified atom stereocenters. The molecule has 0 bridgehead atoms. The molecule has 3 aromatic rings. The molecule has 0 aliphatic rings. The lowest BCUT2D eigenvalue weighted by Crippen LogP contribution is -2.28. The van der Waals surface area contributed by atoms with Gasteiger partial charge in [0, 0.05) is 5.56 Å². The van der Waals surface area contributed by atoms with Crippen molar-refractivity contribution in [2.75, 3.05) is 0 Å². The van der Waals surface area contributed by atoms with Gasteiger partial charge in [-0.25, -0.2) is 4.68 Å². The highest BCUT2D eigenvalue weighted by Gasteiger charge is 2.12. The van der Waals surface area contributed by atoms with Gasteiger partial charge in [-0.15, -0.1) is 5.10 Å². The van der Waals surface area contributed by atoms with Crippen molar-refractivity contribution in [3.05, 3.63) is 70.0 Å². The average molecular weight is 279 g/mol. The van der Waals surface area contributed by atoms with Crippen molar-refractivity contribution in [2.45, 2.75) is 13.5 Å². The molecule has 1 aromatic heterocycles. The summed E-state index contributed by atoms with van der Waals surface area (Å²) in [6.45, 7) is 1.75. The van der Waals surface area contributed by atoms with Gasteiger partial charge in [0.2, 0.25) is 0 Å². The number of benzene rings is 2. The number of nitrogens with zero attached hydrogens (tertiary/aromatic N) is 3. The number of ketones is 1. The Labute approximate surface area is 120 Å². The molecule has 5 nitrogen and oxygen atoms in total. The number of carbonyl (C=O) groups is 1. The number of hydrogen-bond acceptors (Lipinski definition) is 4. The van der Waals surface area contributed by atoms with Crippen molar-refractivity contribution >= 4 is 16.7 Å². The van der Waals surface area contributed by atoms with Gasteiger partial charge in [-0.1, -0.05) is 41.6 Å². The molecule has 0 fully saturated rings. The Kier molecular flexibility index (Phi) is 3.31. The van der Waals surface area contributed by atoms with Crippen LogP contribution in [-0.4, -0.2) is 20.8 Å². The fourth-order valence-electron chi connectivity index (χ4n) is 2.23. The van der Waals surface area contributed by atoms with Crippen LogP contribution in [0.4, 0.5) is 0 Å². The van der Waals surface area contributed by atoms with Crippen LogP contribution in [0.1, 0.15) is 15.9 Å². The van der Waals surface area contributed by atoms with Gasteiger partial charge in [-0.2, -0.15) is 0 Å². The fourth-order valence-corrected chi connectivity index (χ4v) is 2.23. The zero-order valence-electron chi connectivity index (χ0n) is 11.5. The minimum atomic E-state index is -0.303. The second-order valence-electron chi connectivity index (χ2n) is 4.81. The van der Waals surface area contributed by atoms with Crippen LogP contribution in [0.3, 0.4) is 0 Å². The summed E-state index contributed by atoms with van der Waals surface area (Å²) in [5.74, 6) is -0.153. The third-order valence-corrected chi connectivity index (χ3v) is 3.37. The van der Waals surface area contributed by atoms with Gasteiger partial charge in [0.25, 0.3) is 5.56 Å². The maximum absolute atomic E-state index is 12.3. The molecular weight excluding hydrogens is 266 g/mol. The fraction of sp³-hybridized carbons (Fsp3) is 0.125. The van der Waals surface area contributed by atoms with Gasteiger partial charge >= 0.3 is 0 Å². The Morgan fingerprint density at radius 3 is 2.62 bits per heavy atom. The summed E-state index contributed by atoms with van der Waals surface area (Å²) < 4.78 is 1.11. The lowest BCUT2D eigenvalue weighted by molar-refractivity contribution is 0.0964. The molecule has 2 aromatic carbocycles. The number of aryl methyl sites for hydroxylation is 1. The Morgan fingerprint density at radius 1 is 1.10 bits per heavy atom. The standard InChI is InChI=1S/C16H13N3O2/c1-11-6-2-3-7-12(11)15(20)10-19-16(21)13-8-4-5-9-14(13)17-18-19/h2-9H,10H2,1H3. The van der Waals surface area contributed by atoms with Crippen LogP contribution in [0.2, 0.25) is 0 Å². The highest BCUT2D eigenvalue weighted by atomic mass is 16.1. The zero-order valence-corrected chi connectivity index (χ0v) is 11.5. The Bertz CT molecular complexity index is 884. The minimum absolute atomic E-state index is 0.110. The average Bonchev–Trinajstić information content (AvgIpc) is 2.51. The highest BCUT2D eigenvalue weighted by molar-refractivity contribution is 5.97. The first-order valence-corrected chi connectivity index (χ1v) is 6.58. The van der Waals surface area contributed by atoms with E-state index in [0.29, 0.717) is 16.5 Å². The summed E-state index contributed by atoms with van der Waals surface area (Å²) in [5, 5.41) is 8.27. The van der Waals surface area contributed by atoms with Crippen LogP contribution >= 0.6 is 0 Å². The number of carbonyl (C=O) groups excluding carboxylic acids is 1. The van der Waals surface area contributed by atoms with Gasteiger partial charge in [-0.3, -0.25) is 9.59 Å². The molecule has 0 N–H and O–H groups in total. The Hall–Kier alpha value is -2.82. The molecule has 0 saturated carbocycles. The van der Waals surface area contributed by atoms with Crippen molar-refractivity contribution in [1.29, 1.82) is 0 Å². The number of Topliss-reactive ketones (excluding diaryl/α,β-unsaturated/α-hetero) is 1. The third-order valence-electron chi connectivity index (χ3n) is 3.37. The highest BCUT2D eigenvalue weighted by Crippen LogP contribution is 2.09.